The molecule has 0 heterocycles. The molecule has 0 aliphatic rings. The third kappa shape index (κ3) is 2.97. The number of hydrazine groups is 1. The van der Waals surface area contributed by atoms with Crippen LogP contribution in [-0.2, 0) is 0 Å². The summed E-state index contributed by atoms with van der Waals surface area (Å²) in [5, 5.41) is 8.63. The average molecular weight is 203 g/mol. The highest BCUT2D eigenvalue weighted by atomic mass is 15.3. The molecule has 5 nitrogen and oxygen atoms in total. The molecule has 1 aromatic rings. The topological polar surface area (TPSA) is 100 Å². The number of guanidine groups is 1. The van der Waals surface area contributed by atoms with E-state index in [0.717, 1.165) is 5.56 Å². The molecule has 0 spiro atoms. The molecular weight excluding hydrogens is 190 g/mol. The standard InChI is InChI=1S/C10H13N5/c1-7(14-10(12)15-13)9-4-2-8(6-11)3-5-9/h2-5,7H,13H2,1H3,(H3,12,14,15). The maximum Gasteiger partial charge on any atom is 0.203 e. The zero-order chi connectivity index (χ0) is 11.3. The Kier molecular flexibility index (Phi) is 3.66. The number of benzene rings is 1. The second-order valence-corrected chi connectivity index (χ2v) is 3.07. The molecule has 5 N–H and O–H groups in total. The minimum absolute atomic E-state index is 0.0891. The highest BCUT2D eigenvalue weighted by molar-refractivity contribution is 5.77. The third-order valence-corrected chi connectivity index (χ3v) is 2.00. The van der Waals surface area contributed by atoms with E-state index < -0.39 is 0 Å². The number of nitriles is 1. The van der Waals surface area contributed by atoms with E-state index in [9.17, 15) is 0 Å². The summed E-state index contributed by atoms with van der Waals surface area (Å²) < 4.78 is 0. The Hall–Kier alpha value is -2.06. The van der Waals surface area contributed by atoms with E-state index in [1.165, 1.54) is 0 Å². The first-order valence-corrected chi connectivity index (χ1v) is 4.47. The summed E-state index contributed by atoms with van der Waals surface area (Å²) in [6.45, 7) is 1.89. The van der Waals surface area contributed by atoms with Crippen LogP contribution in [0.5, 0.6) is 0 Å². The lowest BCUT2D eigenvalue weighted by Gasteiger charge is -2.08. The molecular formula is C10H13N5. The molecule has 0 radical (unpaired) electrons. The first-order chi connectivity index (χ1) is 7.17. The fourth-order valence-corrected chi connectivity index (χ4v) is 1.16. The first-order valence-electron chi connectivity index (χ1n) is 4.47. The maximum atomic E-state index is 8.63. The van der Waals surface area contributed by atoms with Gasteiger partial charge in [-0.2, -0.15) is 5.26 Å². The number of aliphatic imine (C=N–C) groups is 1. The second kappa shape index (κ2) is 4.98. The van der Waals surface area contributed by atoms with Crippen molar-refractivity contribution in [2.45, 2.75) is 13.0 Å². The summed E-state index contributed by atoms with van der Waals surface area (Å²) in [4.78, 5) is 4.10. The molecule has 1 rings (SSSR count). The third-order valence-electron chi connectivity index (χ3n) is 2.00. The monoisotopic (exact) mass is 203 g/mol. The van der Waals surface area contributed by atoms with E-state index >= 15 is 0 Å². The summed E-state index contributed by atoms with van der Waals surface area (Å²) in [7, 11) is 0. The van der Waals surface area contributed by atoms with Gasteiger partial charge in [0.1, 0.15) is 0 Å². The summed E-state index contributed by atoms with van der Waals surface area (Å²) >= 11 is 0. The Bertz CT molecular complexity index is 387. The molecule has 15 heavy (non-hydrogen) atoms. The normalized spacial score (nSPS) is 13.0. The Labute approximate surface area is 88.4 Å². The van der Waals surface area contributed by atoms with Crippen molar-refractivity contribution in [1.29, 1.82) is 5.26 Å². The molecule has 5 heteroatoms. The molecule has 0 saturated carbocycles. The van der Waals surface area contributed by atoms with Gasteiger partial charge in [0.25, 0.3) is 0 Å². The van der Waals surface area contributed by atoms with Crippen molar-refractivity contribution >= 4 is 5.96 Å². The van der Waals surface area contributed by atoms with Gasteiger partial charge in [-0.15, -0.1) is 0 Å². The number of rotatable bonds is 2. The number of nitrogens with two attached hydrogens (primary N) is 2. The molecule has 78 valence electrons. The van der Waals surface area contributed by atoms with Gasteiger partial charge in [-0.3, -0.25) is 5.43 Å². The van der Waals surface area contributed by atoms with Gasteiger partial charge in [0.05, 0.1) is 17.7 Å². The predicted molar refractivity (Wildman–Crippen MR) is 58.5 cm³/mol. The van der Waals surface area contributed by atoms with Crippen molar-refractivity contribution in [2.24, 2.45) is 16.6 Å². The fraction of sp³-hybridized carbons (Fsp3) is 0.200. The van der Waals surface area contributed by atoms with Gasteiger partial charge in [0.2, 0.25) is 5.96 Å². The zero-order valence-corrected chi connectivity index (χ0v) is 8.44. The molecule has 0 fully saturated rings. The van der Waals surface area contributed by atoms with Crippen molar-refractivity contribution in [3.05, 3.63) is 35.4 Å². The Balaban J connectivity index is 2.84. The number of nitrogens with one attached hydrogen (secondary N) is 1. The van der Waals surface area contributed by atoms with Crippen LogP contribution in [-0.4, -0.2) is 5.96 Å². The Morgan fingerprint density at radius 2 is 2.07 bits per heavy atom. The van der Waals surface area contributed by atoms with Gasteiger partial charge >= 0.3 is 0 Å². The second-order valence-electron chi connectivity index (χ2n) is 3.07. The van der Waals surface area contributed by atoms with Gasteiger partial charge < -0.3 is 5.73 Å². The highest BCUT2D eigenvalue weighted by Gasteiger charge is 2.03. The molecule has 1 unspecified atom stereocenters. The van der Waals surface area contributed by atoms with Crippen LogP contribution in [0, 0.1) is 11.3 Å². The van der Waals surface area contributed by atoms with Gasteiger partial charge in [0.15, 0.2) is 0 Å². The molecule has 0 aliphatic heterocycles. The summed E-state index contributed by atoms with van der Waals surface area (Å²) in [6, 6.07) is 9.14. The van der Waals surface area contributed by atoms with Crippen molar-refractivity contribution in [3.63, 3.8) is 0 Å². The van der Waals surface area contributed by atoms with E-state index in [1.807, 2.05) is 19.1 Å². The number of nitrogens with zero attached hydrogens (tertiary/aromatic N) is 2. The maximum absolute atomic E-state index is 8.63. The lowest BCUT2D eigenvalue weighted by Crippen LogP contribution is -2.37. The van der Waals surface area contributed by atoms with Crippen molar-refractivity contribution in [2.75, 3.05) is 0 Å². The molecule has 0 saturated heterocycles. The highest BCUT2D eigenvalue weighted by Crippen LogP contribution is 2.16. The molecule has 1 aromatic carbocycles. The van der Waals surface area contributed by atoms with E-state index in [-0.39, 0.29) is 12.0 Å². The van der Waals surface area contributed by atoms with Crippen LogP contribution in [0.3, 0.4) is 0 Å². The van der Waals surface area contributed by atoms with E-state index in [1.54, 1.807) is 12.1 Å². The molecule has 1 atom stereocenters. The summed E-state index contributed by atoms with van der Waals surface area (Å²) in [5.41, 5.74) is 9.30. The predicted octanol–water partition coefficient (Wildman–Crippen LogP) is 0.397. The van der Waals surface area contributed by atoms with E-state index in [2.05, 4.69) is 16.5 Å². The smallest absolute Gasteiger partial charge is 0.203 e. The zero-order valence-electron chi connectivity index (χ0n) is 8.44. The summed E-state index contributed by atoms with van der Waals surface area (Å²) in [5.74, 6) is 5.28. The van der Waals surface area contributed by atoms with Crippen LogP contribution < -0.4 is 17.0 Å². The first kappa shape index (κ1) is 11.0. The van der Waals surface area contributed by atoms with Crippen LogP contribution in [0.4, 0.5) is 0 Å². The Morgan fingerprint density at radius 3 is 2.53 bits per heavy atom. The quantitative estimate of drug-likeness (QED) is 0.280. The van der Waals surface area contributed by atoms with Gasteiger partial charge in [-0.1, -0.05) is 12.1 Å². The van der Waals surface area contributed by atoms with Crippen molar-refractivity contribution in [1.82, 2.24) is 5.43 Å². The van der Waals surface area contributed by atoms with Crippen molar-refractivity contribution < 1.29 is 0 Å². The van der Waals surface area contributed by atoms with Crippen LogP contribution in [0.15, 0.2) is 29.3 Å². The SMILES string of the molecule is CC(N=C(N)NN)c1ccc(C#N)cc1. The Morgan fingerprint density at radius 1 is 1.47 bits per heavy atom. The van der Waals surface area contributed by atoms with Gasteiger partial charge in [0, 0.05) is 0 Å². The van der Waals surface area contributed by atoms with E-state index in [0.29, 0.717) is 5.56 Å². The lowest BCUT2D eigenvalue weighted by atomic mass is 10.1. The summed E-state index contributed by atoms with van der Waals surface area (Å²) in [6.07, 6.45) is 0. The largest absolute Gasteiger partial charge is 0.369 e. The minimum Gasteiger partial charge on any atom is -0.369 e. The van der Waals surface area contributed by atoms with Gasteiger partial charge in [-0.25, -0.2) is 10.8 Å². The van der Waals surface area contributed by atoms with Crippen LogP contribution >= 0.6 is 0 Å². The van der Waals surface area contributed by atoms with Crippen LogP contribution in [0.2, 0.25) is 0 Å². The van der Waals surface area contributed by atoms with Crippen molar-refractivity contribution in [3.8, 4) is 6.07 Å². The van der Waals surface area contributed by atoms with Crippen LogP contribution in [0.25, 0.3) is 0 Å². The average Bonchev–Trinajstić information content (AvgIpc) is 2.29. The number of hydrogen-bond acceptors (Lipinski definition) is 3. The van der Waals surface area contributed by atoms with E-state index in [4.69, 9.17) is 16.8 Å². The molecule has 0 amide bonds. The van der Waals surface area contributed by atoms with Crippen LogP contribution in [0.1, 0.15) is 24.1 Å². The lowest BCUT2D eigenvalue weighted by molar-refractivity contribution is 0.801. The molecule has 0 bridgehead atoms. The fourth-order valence-electron chi connectivity index (χ4n) is 1.16. The van der Waals surface area contributed by atoms with Gasteiger partial charge in [-0.05, 0) is 24.6 Å². The molecule has 0 aliphatic carbocycles. The molecule has 0 aromatic heterocycles. The number of hydrogen-bond donors (Lipinski definition) is 3. The minimum atomic E-state index is -0.0891.